The number of ether oxygens (including phenoxy) is 1. The Kier molecular flexibility index (Phi) is 5.69. The van der Waals surface area contributed by atoms with Gasteiger partial charge in [0.05, 0.1) is 5.69 Å². The lowest BCUT2D eigenvalue weighted by Gasteiger charge is -2.29. The van der Waals surface area contributed by atoms with Crippen LogP contribution in [0.1, 0.15) is 52.1 Å². The lowest BCUT2D eigenvalue weighted by atomic mass is 9.96. The van der Waals surface area contributed by atoms with Crippen molar-refractivity contribution in [2.45, 2.75) is 58.7 Å². The number of hydrogen-bond acceptors (Lipinski definition) is 4. The van der Waals surface area contributed by atoms with Crippen molar-refractivity contribution < 1.29 is 4.74 Å². The lowest BCUT2D eigenvalue weighted by molar-refractivity contribution is -0.0295. The molecule has 2 N–H and O–H groups in total. The Balaban J connectivity index is 3.11. The highest BCUT2D eigenvalue weighted by atomic mass is 16.5. The monoisotopic (exact) mass is 267 g/mol. The maximum Gasteiger partial charge on any atom is 0.251 e. The minimum Gasteiger partial charge on any atom is -0.370 e. The quantitative estimate of drug-likeness (QED) is 0.792. The molecule has 1 aromatic rings. The molecule has 1 aromatic heterocycles. The maximum absolute atomic E-state index is 11.8. The number of nitrogens with zero attached hydrogens (tertiary/aromatic N) is 1. The molecule has 19 heavy (non-hydrogen) atoms. The zero-order valence-electron chi connectivity index (χ0n) is 12.5. The van der Waals surface area contributed by atoms with Gasteiger partial charge in [-0.3, -0.25) is 4.79 Å². The third-order valence-electron chi connectivity index (χ3n) is 3.45. The van der Waals surface area contributed by atoms with E-state index in [9.17, 15) is 4.79 Å². The van der Waals surface area contributed by atoms with Crippen molar-refractivity contribution in [3.63, 3.8) is 0 Å². The van der Waals surface area contributed by atoms with Crippen molar-refractivity contribution in [3.8, 4) is 0 Å². The van der Waals surface area contributed by atoms with Gasteiger partial charge in [-0.1, -0.05) is 27.7 Å². The largest absolute Gasteiger partial charge is 0.370 e. The van der Waals surface area contributed by atoms with E-state index in [1.807, 2.05) is 13.8 Å². The molecule has 0 aliphatic rings. The first-order valence-electron chi connectivity index (χ1n) is 6.86. The van der Waals surface area contributed by atoms with E-state index in [1.165, 1.54) is 6.07 Å². The van der Waals surface area contributed by atoms with Gasteiger partial charge in [-0.15, -0.1) is 0 Å². The van der Waals surface area contributed by atoms with Gasteiger partial charge >= 0.3 is 0 Å². The predicted octanol–water partition coefficient (Wildman–Crippen LogP) is 1.93. The van der Waals surface area contributed by atoms with E-state index in [-0.39, 0.29) is 5.56 Å². The minimum atomic E-state index is -0.507. The SMILES string of the molecule is CCC(CC)(OC)c1nc(CNC(C)C)cc(=O)[nH]1. The molecule has 0 unspecified atom stereocenters. The summed E-state index contributed by atoms with van der Waals surface area (Å²) in [7, 11) is 1.66. The molecule has 0 aromatic carbocycles. The van der Waals surface area contributed by atoms with Crippen LogP contribution < -0.4 is 10.9 Å². The second kappa shape index (κ2) is 6.82. The van der Waals surface area contributed by atoms with E-state index < -0.39 is 5.60 Å². The number of aromatic amines is 1. The van der Waals surface area contributed by atoms with Crippen LogP contribution in [0.2, 0.25) is 0 Å². The van der Waals surface area contributed by atoms with Gasteiger partial charge < -0.3 is 15.0 Å². The van der Waals surface area contributed by atoms with Gasteiger partial charge in [-0.2, -0.15) is 0 Å². The second-order valence-corrected chi connectivity index (χ2v) is 5.03. The van der Waals surface area contributed by atoms with Crippen LogP contribution in [-0.4, -0.2) is 23.1 Å². The molecule has 0 atom stereocenters. The predicted molar refractivity (Wildman–Crippen MR) is 76.1 cm³/mol. The van der Waals surface area contributed by atoms with Gasteiger partial charge in [0.1, 0.15) is 11.4 Å². The minimum absolute atomic E-state index is 0.131. The molecule has 0 fully saturated rings. The first kappa shape index (κ1) is 15.9. The van der Waals surface area contributed by atoms with Crippen LogP contribution in [-0.2, 0) is 16.9 Å². The average molecular weight is 267 g/mol. The Bertz CT molecular complexity index is 442. The van der Waals surface area contributed by atoms with Crippen LogP contribution in [0.3, 0.4) is 0 Å². The molecule has 5 heteroatoms. The highest BCUT2D eigenvalue weighted by Gasteiger charge is 2.31. The van der Waals surface area contributed by atoms with Crippen molar-refractivity contribution in [3.05, 3.63) is 27.9 Å². The maximum atomic E-state index is 11.8. The van der Waals surface area contributed by atoms with Gasteiger partial charge in [-0.25, -0.2) is 4.98 Å². The molecule has 0 amide bonds. The number of aromatic nitrogens is 2. The Labute approximate surface area is 114 Å². The number of H-pyrrole nitrogens is 1. The van der Waals surface area contributed by atoms with Crippen LogP contribution in [0.5, 0.6) is 0 Å². The van der Waals surface area contributed by atoms with Crippen molar-refractivity contribution in [2.24, 2.45) is 0 Å². The summed E-state index contributed by atoms with van der Waals surface area (Å²) >= 11 is 0. The van der Waals surface area contributed by atoms with E-state index >= 15 is 0 Å². The van der Waals surface area contributed by atoms with Crippen LogP contribution >= 0.6 is 0 Å². The zero-order valence-corrected chi connectivity index (χ0v) is 12.5. The van der Waals surface area contributed by atoms with Crippen molar-refractivity contribution >= 4 is 0 Å². The molecule has 1 rings (SSSR count). The molecule has 5 nitrogen and oxygen atoms in total. The second-order valence-electron chi connectivity index (χ2n) is 5.03. The zero-order chi connectivity index (χ0) is 14.5. The molecule has 0 aliphatic heterocycles. The van der Waals surface area contributed by atoms with Gasteiger partial charge in [0.25, 0.3) is 5.56 Å². The van der Waals surface area contributed by atoms with Crippen LogP contribution in [0.25, 0.3) is 0 Å². The Morgan fingerprint density at radius 2 is 2.05 bits per heavy atom. The molecule has 0 aliphatic carbocycles. The highest BCUT2D eigenvalue weighted by Crippen LogP contribution is 2.28. The standard InChI is InChI=1S/C14H25N3O2/c1-6-14(7-2,19-5)13-16-11(8-12(18)17-13)9-15-10(3)4/h8,10,15H,6-7,9H2,1-5H3,(H,16,17,18). The van der Waals surface area contributed by atoms with Gasteiger partial charge in [0, 0.05) is 25.8 Å². The molecule has 0 saturated carbocycles. The van der Waals surface area contributed by atoms with E-state index in [0.717, 1.165) is 18.5 Å². The number of methoxy groups -OCH3 is 1. The number of hydrogen-bond donors (Lipinski definition) is 2. The third-order valence-corrected chi connectivity index (χ3v) is 3.45. The van der Waals surface area contributed by atoms with Gasteiger partial charge in [0.2, 0.25) is 0 Å². The Hall–Kier alpha value is -1.20. The molecule has 1 heterocycles. The summed E-state index contributed by atoms with van der Waals surface area (Å²) in [5.41, 5.74) is 0.108. The summed E-state index contributed by atoms with van der Waals surface area (Å²) < 4.78 is 5.60. The number of rotatable bonds is 7. The van der Waals surface area contributed by atoms with Crippen molar-refractivity contribution in [1.29, 1.82) is 0 Å². The summed E-state index contributed by atoms with van der Waals surface area (Å²) in [5.74, 6) is 0.619. The fourth-order valence-electron chi connectivity index (χ4n) is 2.09. The molecule has 108 valence electrons. The average Bonchev–Trinajstić information content (AvgIpc) is 2.39. The van der Waals surface area contributed by atoms with E-state index in [1.54, 1.807) is 7.11 Å². The molecule has 0 spiro atoms. The first-order valence-corrected chi connectivity index (χ1v) is 6.86. The topological polar surface area (TPSA) is 67.0 Å². The van der Waals surface area contributed by atoms with Gasteiger partial charge in [-0.05, 0) is 12.8 Å². The highest BCUT2D eigenvalue weighted by molar-refractivity contribution is 5.09. The summed E-state index contributed by atoms with van der Waals surface area (Å²) in [5, 5.41) is 3.27. The third kappa shape index (κ3) is 3.88. The van der Waals surface area contributed by atoms with Crippen LogP contribution in [0.4, 0.5) is 0 Å². The van der Waals surface area contributed by atoms with E-state index in [4.69, 9.17) is 4.74 Å². The first-order chi connectivity index (χ1) is 8.97. The summed E-state index contributed by atoms with van der Waals surface area (Å²) in [4.78, 5) is 19.1. The lowest BCUT2D eigenvalue weighted by Crippen LogP contribution is -2.33. The van der Waals surface area contributed by atoms with Crippen LogP contribution in [0, 0.1) is 0 Å². The smallest absolute Gasteiger partial charge is 0.251 e. The van der Waals surface area contributed by atoms with Crippen LogP contribution in [0.15, 0.2) is 10.9 Å². The van der Waals surface area contributed by atoms with Gasteiger partial charge in [0.15, 0.2) is 0 Å². The Morgan fingerprint density at radius 1 is 1.42 bits per heavy atom. The van der Waals surface area contributed by atoms with E-state index in [2.05, 4.69) is 29.1 Å². The number of nitrogens with one attached hydrogen (secondary N) is 2. The molecular weight excluding hydrogens is 242 g/mol. The summed E-state index contributed by atoms with van der Waals surface area (Å²) in [6.07, 6.45) is 1.54. The Morgan fingerprint density at radius 3 is 2.53 bits per heavy atom. The summed E-state index contributed by atoms with van der Waals surface area (Å²) in [6, 6.07) is 1.89. The van der Waals surface area contributed by atoms with Crippen molar-refractivity contribution in [2.75, 3.05) is 7.11 Å². The fraction of sp³-hybridized carbons (Fsp3) is 0.714. The fourth-order valence-corrected chi connectivity index (χ4v) is 2.09. The molecule has 0 saturated heterocycles. The molecular formula is C14H25N3O2. The van der Waals surface area contributed by atoms with Crippen molar-refractivity contribution in [1.82, 2.24) is 15.3 Å². The molecule has 0 bridgehead atoms. The normalized spacial score (nSPS) is 12.1. The molecule has 0 radical (unpaired) electrons. The van der Waals surface area contributed by atoms with E-state index in [0.29, 0.717) is 18.4 Å². The summed E-state index contributed by atoms with van der Waals surface area (Å²) in [6.45, 7) is 8.77.